The van der Waals surface area contributed by atoms with Crippen LogP contribution in [0.2, 0.25) is 5.02 Å². The molecule has 0 saturated carbocycles. The Hall–Kier alpha value is -2.59. The lowest BCUT2D eigenvalue weighted by Crippen LogP contribution is -2.54. The van der Waals surface area contributed by atoms with Crippen LogP contribution in [0.4, 0.5) is 13.2 Å². The molecule has 36 heavy (non-hydrogen) atoms. The Balaban J connectivity index is 1.71. The second-order valence-electron chi connectivity index (χ2n) is 10.7. The van der Waals surface area contributed by atoms with Crippen LogP contribution in [0.25, 0.3) is 11.4 Å². The molecule has 0 radical (unpaired) electrons. The van der Waals surface area contributed by atoms with Gasteiger partial charge in [0.15, 0.2) is 5.69 Å². The van der Waals surface area contributed by atoms with E-state index in [1.807, 2.05) is 16.5 Å². The fourth-order valence-corrected chi connectivity index (χ4v) is 4.89. The van der Waals surface area contributed by atoms with E-state index in [0.717, 1.165) is 17.9 Å². The molecule has 4 rings (SSSR count). The van der Waals surface area contributed by atoms with Gasteiger partial charge in [0.25, 0.3) is 11.8 Å². The number of aromatic nitrogens is 2. The number of hydrogen-bond donors (Lipinski definition) is 1. The summed E-state index contributed by atoms with van der Waals surface area (Å²) >= 11 is 5.93. The van der Waals surface area contributed by atoms with Crippen LogP contribution < -0.4 is 5.32 Å². The van der Waals surface area contributed by atoms with E-state index >= 15 is 0 Å². The molecule has 0 unspecified atom stereocenters. The summed E-state index contributed by atoms with van der Waals surface area (Å²) in [7, 11) is 1.92. The first-order valence-electron chi connectivity index (χ1n) is 12.0. The first-order chi connectivity index (χ1) is 16.8. The van der Waals surface area contributed by atoms with E-state index in [-0.39, 0.29) is 22.8 Å². The number of amides is 2. The maximum atomic E-state index is 14.8. The lowest BCUT2D eigenvalue weighted by Gasteiger charge is -2.33. The highest BCUT2D eigenvalue weighted by Gasteiger charge is 2.45. The van der Waals surface area contributed by atoms with Crippen LogP contribution in [-0.2, 0) is 17.9 Å². The summed E-state index contributed by atoms with van der Waals surface area (Å²) in [5.41, 5.74) is 0.155. The van der Waals surface area contributed by atoms with Gasteiger partial charge in [-0.15, -0.1) is 0 Å². The van der Waals surface area contributed by atoms with Gasteiger partial charge in [-0.05, 0) is 43.6 Å². The quantitative estimate of drug-likeness (QED) is 0.650. The van der Waals surface area contributed by atoms with E-state index in [4.69, 9.17) is 11.6 Å². The van der Waals surface area contributed by atoms with Gasteiger partial charge < -0.3 is 19.7 Å². The van der Waals surface area contributed by atoms with Gasteiger partial charge in [0.05, 0.1) is 17.8 Å². The summed E-state index contributed by atoms with van der Waals surface area (Å²) in [4.78, 5) is 34.5. The van der Waals surface area contributed by atoms with E-state index in [9.17, 15) is 22.8 Å². The molecule has 1 N–H and O–H groups in total. The molecule has 11 heteroatoms. The van der Waals surface area contributed by atoms with E-state index < -0.39 is 48.0 Å². The average Bonchev–Trinajstić information content (AvgIpc) is 3.24. The average molecular weight is 526 g/mol. The molecular formula is C25H31ClF3N5O2. The Morgan fingerprint density at radius 2 is 1.92 bits per heavy atom. The standard InChI is InChI=1S/C25H31ClF3N5O2/c1-24(2,3)20(23(36)33-11-8-25(28,29)14-33)31-22(35)19-18-13-32(4)9-5-10-34(18)21(30-19)16-7-6-15(26)12-17(16)27/h6-7,12,20H,5,8-11,13-14H2,1-4H3,(H,31,35)/t20-/m1/s1. The third kappa shape index (κ3) is 5.39. The number of imidazole rings is 1. The highest BCUT2D eigenvalue weighted by molar-refractivity contribution is 6.30. The molecule has 1 saturated heterocycles. The van der Waals surface area contributed by atoms with Crippen LogP contribution in [0.5, 0.6) is 0 Å². The number of alkyl halides is 2. The van der Waals surface area contributed by atoms with Crippen molar-refractivity contribution in [2.45, 2.75) is 58.7 Å². The number of halogens is 4. The van der Waals surface area contributed by atoms with Crippen molar-refractivity contribution in [2.24, 2.45) is 5.41 Å². The van der Waals surface area contributed by atoms with Gasteiger partial charge in [-0.1, -0.05) is 32.4 Å². The molecule has 2 aliphatic rings. The number of nitrogens with one attached hydrogen (secondary N) is 1. The second kappa shape index (κ2) is 9.70. The SMILES string of the molecule is CN1CCCn2c(-c3ccc(Cl)cc3F)nc(C(=O)N[C@H](C(=O)N3CCC(F)(F)C3)C(C)(C)C)c2C1. The maximum absolute atomic E-state index is 14.8. The largest absolute Gasteiger partial charge is 0.338 e. The number of hydrogen-bond acceptors (Lipinski definition) is 4. The van der Waals surface area contributed by atoms with E-state index in [1.54, 1.807) is 26.8 Å². The summed E-state index contributed by atoms with van der Waals surface area (Å²) in [6.45, 7) is 6.26. The molecule has 1 fully saturated rings. The first-order valence-corrected chi connectivity index (χ1v) is 12.4. The molecule has 0 bridgehead atoms. The number of fused-ring (bicyclic) bond motifs is 1. The Labute approximate surface area is 213 Å². The van der Waals surface area contributed by atoms with Gasteiger partial charge in [0, 0.05) is 31.1 Å². The normalized spacial score (nSPS) is 19.1. The minimum absolute atomic E-state index is 0.0705. The third-order valence-electron chi connectivity index (χ3n) is 6.67. The van der Waals surface area contributed by atoms with Gasteiger partial charge in [-0.25, -0.2) is 18.2 Å². The van der Waals surface area contributed by atoms with Gasteiger partial charge in [0.2, 0.25) is 5.91 Å². The lowest BCUT2D eigenvalue weighted by molar-refractivity contribution is -0.136. The Morgan fingerprint density at radius 1 is 1.19 bits per heavy atom. The van der Waals surface area contributed by atoms with Crippen LogP contribution in [0.3, 0.4) is 0 Å². The number of carbonyl (C=O) groups excluding carboxylic acids is 2. The van der Waals surface area contributed by atoms with Crippen LogP contribution in [-0.4, -0.2) is 69.8 Å². The van der Waals surface area contributed by atoms with Gasteiger partial charge in [-0.2, -0.15) is 0 Å². The van der Waals surface area contributed by atoms with Crippen molar-refractivity contribution in [3.63, 3.8) is 0 Å². The second-order valence-corrected chi connectivity index (χ2v) is 11.2. The Bertz CT molecular complexity index is 1180. The third-order valence-corrected chi connectivity index (χ3v) is 6.91. The van der Waals surface area contributed by atoms with Gasteiger partial charge in [-0.3, -0.25) is 9.59 Å². The van der Waals surface area contributed by atoms with Crippen LogP contribution >= 0.6 is 11.6 Å². The van der Waals surface area contributed by atoms with Crippen molar-refractivity contribution < 1.29 is 22.8 Å². The minimum Gasteiger partial charge on any atom is -0.338 e. The molecule has 2 amide bonds. The molecule has 1 aromatic carbocycles. The van der Waals surface area contributed by atoms with Crippen LogP contribution in [0, 0.1) is 11.2 Å². The number of likely N-dealkylation sites (tertiary alicyclic amines) is 1. The predicted octanol–water partition coefficient (Wildman–Crippen LogP) is 4.19. The van der Waals surface area contributed by atoms with Crippen LogP contribution in [0.15, 0.2) is 18.2 Å². The first kappa shape index (κ1) is 26.5. The van der Waals surface area contributed by atoms with E-state index in [1.165, 1.54) is 12.1 Å². The highest BCUT2D eigenvalue weighted by Crippen LogP contribution is 2.32. The van der Waals surface area contributed by atoms with E-state index in [2.05, 4.69) is 10.3 Å². The number of rotatable bonds is 4. The molecule has 0 aliphatic carbocycles. The zero-order valence-electron chi connectivity index (χ0n) is 20.9. The zero-order valence-corrected chi connectivity index (χ0v) is 21.6. The molecule has 3 heterocycles. The summed E-state index contributed by atoms with van der Waals surface area (Å²) in [6.07, 6.45) is 0.371. The summed E-state index contributed by atoms with van der Waals surface area (Å²) in [6, 6.07) is 3.24. The van der Waals surface area contributed by atoms with Crippen molar-refractivity contribution >= 4 is 23.4 Å². The smallest absolute Gasteiger partial charge is 0.272 e. The van der Waals surface area contributed by atoms with Crippen molar-refractivity contribution in [3.8, 4) is 11.4 Å². The molecule has 7 nitrogen and oxygen atoms in total. The lowest BCUT2D eigenvalue weighted by atomic mass is 9.85. The summed E-state index contributed by atoms with van der Waals surface area (Å²) in [5, 5.41) is 3.01. The molecule has 2 aromatic rings. The topological polar surface area (TPSA) is 70.5 Å². The molecular weight excluding hydrogens is 495 g/mol. The fourth-order valence-electron chi connectivity index (χ4n) is 4.73. The predicted molar refractivity (Wildman–Crippen MR) is 130 cm³/mol. The number of carbonyl (C=O) groups is 2. The molecule has 196 valence electrons. The molecule has 1 aromatic heterocycles. The van der Waals surface area contributed by atoms with Crippen molar-refractivity contribution in [1.82, 2.24) is 24.7 Å². The number of nitrogens with zero attached hydrogens (tertiary/aromatic N) is 4. The van der Waals surface area contributed by atoms with Gasteiger partial charge in [0.1, 0.15) is 17.7 Å². The van der Waals surface area contributed by atoms with Gasteiger partial charge >= 0.3 is 0 Å². The number of benzene rings is 1. The monoisotopic (exact) mass is 525 g/mol. The Morgan fingerprint density at radius 3 is 2.53 bits per heavy atom. The zero-order chi connectivity index (χ0) is 26.4. The van der Waals surface area contributed by atoms with Crippen molar-refractivity contribution in [1.29, 1.82) is 0 Å². The summed E-state index contributed by atoms with van der Waals surface area (Å²) in [5.74, 6) is -4.35. The Kier molecular flexibility index (Phi) is 7.13. The maximum Gasteiger partial charge on any atom is 0.272 e. The molecule has 1 atom stereocenters. The highest BCUT2D eigenvalue weighted by atomic mass is 35.5. The summed E-state index contributed by atoms with van der Waals surface area (Å²) < 4.78 is 44.3. The fraction of sp³-hybridized carbons (Fsp3) is 0.560. The van der Waals surface area contributed by atoms with Crippen molar-refractivity contribution in [2.75, 3.05) is 26.7 Å². The minimum atomic E-state index is -2.94. The van der Waals surface area contributed by atoms with Crippen molar-refractivity contribution in [3.05, 3.63) is 40.4 Å². The van der Waals surface area contributed by atoms with Crippen LogP contribution in [0.1, 0.15) is 49.8 Å². The molecule has 0 spiro atoms. The van der Waals surface area contributed by atoms with E-state index in [0.29, 0.717) is 24.6 Å². The molecule has 2 aliphatic heterocycles.